The zero-order chi connectivity index (χ0) is 17.5. The molecule has 0 saturated heterocycles. The van der Waals surface area contributed by atoms with Crippen molar-refractivity contribution in [3.8, 4) is 0 Å². The number of esters is 1. The molecule has 1 aromatic carbocycles. The van der Waals surface area contributed by atoms with Crippen molar-refractivity contribution < 1.29 is 22.7 Å². The third kappa shape index (κ3) is 5.99. The van der Waals surface area contributed by atoms with Crippen LogP contribution in [-0.2, 0) is 19.6 Å². The molecule has 1 amide bonds. The Hall–Kier alpha value is -1.93. The lowest BCUT2D eigenvalue weighted by molar-refractivity contribution is -0.124. The Bertz CT molecular complexity index is 658. The molecule has 0 aromatic heterocycles. The summed E-state index contributed by atoms with van der Waals surface area (Å²) in [6.45, 7) is 3.47. The summed E-state index contributed by atoms with van der Waals surface area (Å²) in [5.74, 6) is -1.14. The van der Waals surface area contributed by atoms with Gasteiger partial charge in [-0.1, -0.05) is 19.4 Å². The molecule has 0 spiro atoms. The smallest absolute Gasteiger partial charge is 0.338 e. The monoisotopic (exact) mass is 342 g/mol. The number of benzene rings is 1. The number of rotatable bonds is 8. The van der Waals surface area contributed by atoms with Gasteiger partial charge in [0.05, 0.1) is 10.5 Å². The van der Waals surface area contributed by atoms with Crippen LogP contribution in [0.15, 0.2) is 29.2 Å². The first-order chi connectivity index (χ1) is 10.8. The van der Waals surface area contributed by atoms with Crippen molar-refractivity contribution in [2.24, 2.45) is 0 Å². The summed E-state index contributed by atoms with van der Waals surface area (Å²) in [4.78, 5) is 23.5. The minimum atomic E-state index is -3.64. The van der Waals surface area contributed by atoms with Gasteiger partial charge in [-0.15, -0.1) is 0 Å². The molecule has 0 bridgehead atoms. The molecule has 8 heteroatoms. The Morgan fingerprint density at radius 3 is 2.61 bits per heavy atom. The summed E-state index contributed by atoms with van der Waals surface area (Å²) >= 11 is 0. The van der Waals surface area contributed by atoms with E-state index in [9.17, 15) is 18.0 Å². The van der Waals surface area contributed by atoms with Crippen LogP contribution in [0.1, 0.15) is 37.0 Å². The van der Waals surface area contributed by atoms with Gasteiger partial charge in [-0.25, -0.2) is 17.9 Å². The van der Waals surface area contributed by atoms with E-state index in [-0.39, 0.29) is 16.5 Å². The first-order valence-corrected chi connectivity index (χ1v) is 8.78. The van der Waals surface area contributed by atoms with Crippen LogP contribution in [-0.4, -0.2) is 40.0 Å². The molecular formula is C15H22N2O5S. The van der Waals surface area contributed by atoms with Gasteiger partial charge in [-0.2, -0.15) is 0 Å². The largest absolute Gasteiger partial charge is 0.452 e. The van der Waals surface area contributed by atoms with Gasteiger partial charge < -0.3 is 10.1 Å². The second-order valence-electron chi connectivity index (χ2n) is 5.07. The fourth-order valence-electron chi connectivity index (χ4n) is 1.94. The molecule has 23 heavy (non-hydrogen) atoms. The molecule has 0 aliphatic carbocycles. The molecule has 1 rings (SSSR count). The maximum Gasteiger partial charge on any atom is 0.338 e. The third-order valence-corrected chi connectivity index (χ3v) is 4.52. The minimum absolute atomic E-state index is 0.00954. The number of carbonyl (C=O) groups is 2. The molecule has 2 N–H and O–H groups in total. The summed E-state index contributed by atoms with van der Waals surface area (Å²) in [6, 6.07) is 5.43. The molecule has 1 aromatic rings. The highest BCUT2D eigenvalue weighted by Gasteiger charge is 2.16. The number of carbonyl (C=O) groups excluding carboxylic acids is 2. The van der Waals surface area contributed by atoms with Crippen molar-refractivity contribution in [2.45, 2.75) is 37.6 Å². The van der Waals surface area contributed by atoms with Gasteiger partial charge in [0.15, 0.2) is 6.61 Å². The molecule has 0 heterocycles. The molecule has 0 saturated carbocycles. The number of ether oxygens (including phenoxy) is 1. The van der Waals surface area contributed by atoms with Gasteiger partial charge >= 0.3 is 5.97 Å². The Morgan fingerprint density at radius 2 is 2.00 bits per heavy atom. The predicted molar refractivity (Wildman–Crippen MR) is 85.5 cm³/mol. The van der Waals surface area contributed by atoms with E-state index in [4.69, 9.17) is 4.74 Å². The van der Waals surface area contributed by atoms with Crippen LogP contribution in [0, 0.1) is 0 Å². The van der Waals surface area contributed by atoms with Crippen LogP contribution in [0.3, 0.4) is 0 Å². The van der Waals surface area contributed by atoms with Crippen molar-refractivity contribution in [1.82, 2.24) is 10.0 Å². The van der Waals surface area contributed by atoms with Gasteiger partial charge in [-0.05, 0) is 38.6 Å². The van der Waals surface area contributed by atoms with Crippen molar-refractivity contribution in [3.63, 3.8) is 0 Å². The van der Waals surface area contributed by atoms with Crippen LogP contribution in [0.4, 0.5) is 0 Å². The fourth-order valence-corrected chi connectivity index (χ4v) is 2.72. The van der Waals surface area contributed by atoms with E-state index in [0.29, 0.717) is 0 Å². The van der Waals surface area contributed by atoms with Crippen molar-refractivity contribution in [2.75, 3.05) is 13.7 Å². The van der Waals surface area contributed by atoms with Crippen LogP contribution in [0.5, 0.6) is 0 Å². The van der Waals surface area contributed by atoms with Gasteiger partial charge in [0.2, 0.25) is 10.0 Å². The Kier molecular flexibility index (Phi) is 7.18. The standard InChI is InChI=1S/C15H22N2O5S/c1-4-6-11(2)17-14(18)10-22-15(19)12-7-5-8-13(9-12)23(20,21)16-3/h5,7-9,11,16H,4,6,10H2,1-3H3,(H,17,18)/t11-/m1/s1. The van der Waals surface area contributed by atoms with Crippen molar-refractivity contribution in [3.05, 3.63) is 29.8 Å². The van der Waals surface area contributed by atoms with Gasteiger partial charge in [0, 0.05) is 6.04 Å². The molecule has 128 valence electrons. The van der Waals surface area contributed by atoms with Gasteiger partial charge in [0.25, 0.3) is 5.91 Å². The zero-order valence-corrected chi connectivity index (χ0v) is 14.3. The van der Waals surface area contributed by atoms with Crippen LogP contribution in [0.2, 0.25) is 0 Å². The van der Waals surface area contributed by atoms with Crippen molar-refractivity contribution in [1.29, 1.82) is 0 Å². The molecule has 0 radical (unpaired) electrons. The lowest BCUT2D eigenvalue weighted by atomic mass is 10.2. The maximum absolute atomic E-state index is 11.9. The van der Waals surface area contributed by atoms with Crippen LogP contribution in [0.25, 0.3) is 0 Å². The van der Waals surface area contributed by atoms with Crippen LogP contribution >= 0.6 is 0 Å². The summed E-state index contributed by atoms with van der Waals surface area (Å²) in [5, 5.41) is 2.71. The normalized spacial score (nSPS) is 12.5. The summed E-state index contributed by atoms with van der Waals surface area (Å²) in [7, 11) is -2.36. The van der Waals surface area contributed by atoms with Crippen molar-refractivity contribution >= 4 is 21.9 Å². The zero-order valence-electron chi connectivity index (χ0n) is 13.5. The minimum Gasteiger partial charge on any atom is -0.452 e. The first kappa shape index (κ1) is 19.1. The molecule has 0 unspecified atom stereocenters. The number of hydrogen-bond donors (Lipinski definition) is 2. The lowest BCUT2D eigenvalue weighted by Crippen LogP contribution is -2.35. The Morgan fingerprint density at radius 1 is 1.30 bits per heavy atom. The molecule has 7 nitrogen and oxygen atoms in total. The van der Waals surface area contributed by atoms with E-state index in [1.54, 1.807) is 0 Å². The predicted octanol–water partition coefficient (Wildman–Crippen LogP) is 1.06. The highest BCUT2D eigenvalue weighted by Crippen LogP contribution is 2.12. The van der Waals surface area contributed by atoms with Gasteiger partial charge in [0.1, 0.15) is 0 Å². The summed E-state index contributed by atoms with van der Waals surface area (Å²) < 4.78 is 30.5. The third-order valence-electron chi connectivity index (χ3n) is 3.11. The Labute approximate surface area is 136 Å². The number of hydrogen-bond acceptors (Lipinski definition) is 5. The van der Waals surface area contributed by atoms with Gasteiger partial charge in [-0.3, -0.25) is 4.79 Å². The van der Waals surface area contributed by atoms with E-state index in [1.165, 1.54) is 31.3 Å². The summed E-state index contributed by atoms with van der Waals surface area (Å²) in [5.41, 5.74) is 0.0655. The number of amides is 1. The van der Waals surface area contributed by atoms with E-state index < -0.39 is 28.5 Å². The highest BCUT2D eigenvalue weighted by molar-refractivity contribution is 7.89. The molecule has 0 aliphatic rings. The fraction of sp³-hybridized carbons (Fsp3) is 0.467. The highest BCUT2D eigenvalue weighted by atomic mass is 32.2. The topological polar surface area (TPSA) is 102 Å². The average molecular weight is 342 g/mol. The number of nitrogens with one attached hydrogen (secondary N) is 2. The van der Waals surface area contributed by atoms with E-state index in [0.717, 1.165) is 12.8 Å². The van der Waals surface area contributed by atoms with E-state index in [1.807, 2.05) is 13.8 Å². The SMILES string of the molecule is CCC[C@@H](C)NC(=O)COC(=O)c1cccc(S(=O)(=O)NC)c1. The first-order valence-electron chi connectivity index (χ1n) is 7.30. The average Bonchev–Trinajstić information content (AvgIpc) is 2.52. The molecular weight excluding hydrogens is 320 g/mol. The molecule has 1 atom stereocenters. The number of sulfonamides is 1. The molecule has 0 fully saturated rings. The second-order valence-corrected chi connectivity index (χ2v) is 6.96. The quantitative estimate of drug-likeness (QED) is 0.688. The van der Waals surface area contributed by atoms with E-state index >= 15 is 0 Å². The Balaban J connectivity index is 2.66. The summed E-state index contributed by atoms with van der Waals surface area (Å²) in [6.07, 6.45) is 1.78. The lowest BCUT2D eigenvalue weighted by Gasteiger charge is -2.12. The van der Waals surface area contributed by atoms with Crippen LogP contribution < -0.4 is 10.0 Å². The second kappa shape index (κ2) is 8.64. The molecule has 0 aliphatic heterocycles. The maximum atomic E-state index is 11.9. The van der Waals surface area contributed by atoms with E-state index in [2.05, 4.69) is 10.0 Å².